The number of carbonyl (C=O) groups is 1. The number of phenols is 1. The van der Waals surface area contributed by atoms with E-state index in [2.05, 4.69) is 15.5 Å². The van der Waals surface area contributed by atoms with Gasteiger partial charge in [-0.3, -0.25) is 4.79 Å². The number of para-hydroxylation sites is 3. The van der Waals surface area contributed by atoms with Crippen molar-refractivity contribution in [3.8, 4) is 11.5 Å². The zero-order valence-corrected chi connectivity index (χ0v) is 14.6. The van der Waals surface area contributed by atoms with Crippen LogP contribution in [0.1, 0.15) is 18.3 Å². The molecule has 0 radical (unpaired) electrons. The van der Waals surface area contributed by atoms with Crippen molar-refractivity contribution in [1.29, 1.82) is 0 Å². The van der Waals surface area contributed by atoms with E-state index < -0.39 is 0 Å². The molecule has 0 unspecified atom stereocenters. The fourth-order valence-corrected chi connectivity index (χ4v) is 2.66. The lowest BCUT2D eigenvalue weighted by molar-refractivity contribution is -0.121. The average Bonchev–Trinajstić information content (AvgIpc) is 2.94. The number of ether oxygens (including phenoxy) is 1. The highest BCUT2D eigenvalue weighted by molar-refractivity contribution is 5.86. The van der Waals surface area contributed by atoms with Gasteiger partial charge in [-0.05, 0) is 38.1 Å². The summed E-state index contributed by atoms with van der Waals surface area (Å²) in [6.45, 7) is 4.24. The van der Waals surface area contributed by atoms with Crippen LogP contribution in [-0.2, 0) is 11.3 Å². The van der Waals surface area contributed by atoms with Crippen molar-refractivity contribution in [3.05, 3.63) is 53.9 Å². The highest BCUT2D eigenvalue weighted by Crippen LogP contribution is 2.28. The topological polar surface area (TPSA) is 88.7 Å². The van der Waals surface area contributed by atoms with E-state index in [0.717, 1.165) is 16.9 Å². The molecule has 0 saturated carbocycles. The van der Waals surface area contributed by atoms with Gasteiger partial charge in [0.05, 0.1) is 23.9 Å². The molecular weight excluding hydrogens is 332 g/mol. The molecule has 2 aromatic carbocycles. The SMILES string of the molecule is CCOc1cccc(/C=N/NC(=O)Cn2c(C)nc3ccccc32)c1O. The normalized spacial score (nSPS) is 11.2. The number of nitrogens with one attached hydrogen (secondary N) is 1. The fraction of sp³-hybridized carbons (Fsp3) is 0.211. The standard InChI is InChI=1S/C19H20N4O3/c1-3-26-17-10-6-7-14(19(17)25)11-20-22-18(24)12-23-13(2)21-15-8-4-5-9-16(15)23/h4-11,25H,3,12H2,1-2H3,(H,22,24)/b20-11+. The summed E-state index contributed by atoms with van der Waals surface area (Å²) in [5.74, 6) is 0.840. The number of rotatable bonds is 6. The van der Waals surface area contributed by atoms with E-state index in [9.17, 15) is 9.90 Å². The number of benzene rings is 2. The molecule has 7 heteroatoms. The second kappa shape index (κ2) is 7.69. The van der Waals surface area contributed by atoms with Gasteiger partial charge < -0.3 is 14.4 Å². The molecule has 1 aromatic heterocycles. The molecule has 7 nitrogen and oxygen atoms in total. The Bertz CT molecular complexity index is 963. The van der Waals surface area contributed by atoms with Gasteiger partial charge in [-0.15, -0.1) is 0 Å². The van der Waals surface area contributed by atoms with Crippen LogP contribution in [0.4, 0.5) is 0 Å². The highest BCUT2D eigenvalue weighted by atomic mass is 16.5. The monoisotopic (exact) mass is 352 g/mol. The maximum Gasteiger partial charge on any atom is 0.260 e. The van der Waals surface area contributed by atoms with E-state index in [1.165, 1.54) is 6.21 Å². The molecule has 0 atom stereocenters. The van der Waals surface area contributed by atoms with Crippen LogP contribution in [0.25, 0.3) is 11.0 Å². The number of phenolic OH excluding ortho intramolecular Hbond substituents is 1. The number of hydrogen-bond acceptors (Lipinski definition) is 5. The van der Waals surface area contributed by atoms with E-state index in [1.54, 1.807) is 18.2 Å². The molecular formula is C19H20N4O3. The molecule has 0 aliphatic heterocycles. The second-order valence-corrected chi connectivity index (χ2v) is 5.65. The lowest BCUT2D eigenvalue weighted by atomic mass is 10.2. The first-order valence-corrected chi connectivity index (χ1v) is 8.28. The minimum absolute atomic E-state index is 0.0104. The second-order valence-electron chi connectivity index (χ2n) is 5.65. The Morgan fingerprint density at radius 1 is 1.31 bits per heavy atom. The van der Waals surface area contributed by atoms with Crippen molar-refractivity contribution in [2.24, 2.45) is 5.10 Å². The van der Waals surface area contributed by atoms with Crippen molar-refractivity contribution in [2.75, 3.05) is 6.61 Å². The summed E-state index contributed by atoms with van der Waals surface area (Å²) in [4.78, 5) is 16.6. The quantitative estimate of drug-likeness (QED) is 0.527. The van der Waals surface area contributed by atoms with Gasteiger partial charge >= 0.3 is 0 Å². The molecule has 3 aromatic rings. The van der Waals surface area contributed by atoms with Gasteiger partial charge in [-0.25, -0.2) is 10.4 Å². The Labute approximate surface area is 150 Å². The largest absolute Gasteiger partial charge is 0.504 e. The summed E-state index contributed by atoms with van der Waals surface area (Å²) in [6, 6.07) is 12.7. The van der Waals surface area contributed by atoms with Crippen LogP contribution in [0.3, 0.4) is 0 Å². The molecule has 26 heavy (non-hydrogen) atoms. The number of aromatic nitrogens is 2. The zero-order chi connectivity index (χ0) is 18.5. The predicted octanol–water partition coefficient (Wildman–Crippen LogP) is 2.60. The van der Waals surface area contributed by atoms with Crippen LogP contribution in [0.5, 0.6) is 11.5 Å². The van der Waals surface area contributed by atoms with Gasteiger partial charge in [0.15, 0.2) is 11.5 Å². The maximum absolute atomic E-state index is 12.2. The maximum atomic E-state index is 12.2. The molecule has 0 aliphatic carbocycles. The first-order valence-electron chi connectivity index (χ1n) is 8.28. The molecule has 0 saturated heterocycles. The Morgan fingerprint density at radius 2 is 2.12 bits per heavy atom. The summed E-state index contributed by atoms with van der Waals surface area (Å²) >= 11 is 0. The number of nitrogens with zero attached hydrogens (tertiary/aromatic N) is 3. The highest BCUT2D eigenvalue weighted by Gasteiger charge is 2.10. The Balaban J connectivity index is 1.68. The van der Waals surface area contributed by atoms with Gasteiger partial charge in [0.2, 0.25) is 0 Å². The van der Waals surface area contributed by atoms with Crippen LogP contribution in [0.15, 0.2) is 47.6 Å². The molecule has 3 rings (SSSR count). The molecule has 2 N–H and O–H groups in total. The zero-order valence-electron chi connectivity index (χ0n) is 14.6. The number of carbonyl (C=O) groups excluding carboxylic acids is 1. The average molecular weight is 352 g/mol. The van der Waals surface area contributed by atoms with Crippen LogP contribution < -0.4 is 10.2 Å². The van der Waals surface area contributed by atoms with Crippen molar-refractivity contribution >= 4 is 23.2 Å². The van der Waals surface area contributed by atoms with Crippen molar-refractivity contribution in [1.82, 2.24) is 15.0 Å². The molecule has 0 aliphatic rings. The van der Waals surface area contributed by atoms with Crippen molar-refractivity contribution in [2.45, 2.75) is 20.4 Å². The number of fused-ring (bicyclic) bond motifs is 1. The van der Waals surface area contributed by atoms with Crippen LogP contribution >= 0.6 is 0 Å². The number of imidazole rings is 1. The number of hydrogen-bond donors (Lipinski definition) is 2. The van der Waals surface area contributed by atoms with E-state index in [-0.39, 0.29) is 18.2 Å². The van der Waals surface area contributed by atoms with Crippen LogP contribution in [0, 0.1) is 6.92 Å². The van der Waals surface area contributed by atoms with E-state index in [1.807, 2.05) is 42.7 Å². The molecule has 0 bridgehead atoms. The van der Waals surface area contributed by atoms with Gasteiger partial charge in [0.1, 0.15) is 12.4 Å². The van der Waals surface area contributed by atoms with Crippen molar-refractivity contribution in [3.63, 3.8) is 0 Å². The molecule has 0 fully saturated rings. The molecule has 1 heterocycles. The van der Waals surface area contributed by atoms with Gasteiger partial charge in [0.25, 0.3) is 5.91 Å². The fourth-order valence-electron chi connectivity index (χ4n) is 2.66. The van der Waals surface area contributed by atoms with E-state index in [4.69, 9.17) is 4.74 Å². The van der Waals surface area contributed by atoms with Gasteiger partial charge in [0, 0.05) is 5.56 Å². The lowest BCUT2D eigenvalue weighted by Crippen LogP contribution is -2.23. The molecule has 0 spiro atoms. The Kier molecular flexibility index (Phi) is 5.17. The first kappa shape index (κ1) is 17.5. The molecule has 1 amide bonds. The Morgan fingerprint density at radius 3 is 2.92 bits per heavy atom. The Hall–Kier alpha value is -3.35. The van der Waals surface area contributed by atoms with E-state index >= 15 is 0 Å². The lowest BCUT2D eigenvalue weighted by Gasteiger charge is -2.07. The van der Waals surface area contributed by atoms with E-state index in [0.29, 0.717) is 17.9 Å². The summed E-state index contributed by atoms with van der Waals surface area (Å²) in [5, 5.41) is 14.0. The summed E-state index contributed by atoms with van der Waals surface area (Å²) < 4.78 is 7.15. The third-order valence-corrected chi connectivity index (χ3v) is 3.87. The third kappa shape index (κ3) is 3.66. The minimum Gasteiger partial charge on any atom is -0.504 e. The summed E-state index contributed by atoms with van der Waals surface area (Å²) in [7, 11) is 0. The van der Waals surface area contributed by atoms with Crippen LogP contribution in [0.2, 0.25) is 0 Å². The minimum atomic E-state index is -0.284. The smallest absolute Gasteiger partial charge is 0.260 e. The van der Waals surface area contributed by atoms with Crippen LogP contribution in [-0.4, -0.2) is 33.4 Å². The number of aryl methyl sites for hydroxylation is 1. The number of aromatic hydroxyl groups is 1. The van der Waals surface area contributed by atoms with Gasteiger partial charge in [-0.2, -0.15) is 5.10 Å². The summed E-state index contributed by atoms with van der Waals surface area (Å²) in [6.07, 6.45) is 1.38. The van der Waals surface area contributed by atoms with Gasteiger partial charge in [-0.1, -0.05) is 18.2 Å². The van der Waals surface area contributed by atoms with Crippen molar-refractivity contribution < 1.29 is 14.6 Å². The number of hydrazone groups is 1. The number of amides is 1. The predicted molar refractivity (Wildman–Crippen MR) is 99.5 cm³/mol. The third-order valence-electron chi connectivity index (χ3n) is 3.87. The first-order chi connectivity index (χ1) is 12.6. The molecule has 134 valence electrons. The summed E-state index contributed by atoms with van der Waals surface area (Å²) in [5.41, 5.74) is 4.67.